The zero-order valence-corrected chi connectivity index (χ0v) is 11.9. The predicted octanol–water partition coefficient (Wildman–Crippen LogP) is 2.82. The van der Waals surface area contributed by atoms with Crippen LogP contribution in [0.2, 0.25) is 0 Å². The van der Waals surface area contributed by atoms with Crippen molar-refractivity contribution in [3.05, 3.63) is 0 Å². The first-order chi connectivity index (χ1) is 7.78. The Morgan fingerprint density at radius 2 is 1.75 bits per heavy atom. The van der Waals surface area contributed by atoms with E-state index >= 15 is 0 Å². The molecule has 0 radical (unpaired) electrons. The number of nitrogens with zero attached hydrogens (tertiary/aromatic N) is 1. The average Bonchev–Trinajstić information content (AvgIpc) is 2.32. The van der Waals surface area contributed by atoms with E-state index in [0.717, 1.165) is 31.7 Å². The summed E-state index contributed by atoms with van der Waals surface area (Å²) in [6, 6.07) is 0. The topological polar surface area (TPSA) is 23.5 Å². The van der Waals surface area contributed by atoms with Crippen LogP contribution < -0.4 is 0 Å². The van der Waals surface area contributed by atoms with Gasteiger partial charge in [0.1, 0.15) is 0 Å². The molecule has 0 aliphatic rings. The molecule has 0 aliphatic carbocycles. The van der Waals surface area contributed by atoms with Crippen LogP contribution in [0.15, 0.2) is 0 Å². The SMILES string of the molecule is CCN(CC)CCCCC[C@H](CO)CCS. The van der Waals surface area contributed by atoms with Crippen molar-refractivity contribution in [2.75, 3.05) is 32.0 Å². The number of thiol groups is 1. The van der Waals surface area contributed by atoms with Crippen LogP contribution in [0.1, 0.15) is 46.0 Å². The lowest BCUT2D eigenvalue weighted by molar-refractivity contribution is 0.211. The highest BCUT2D eigenvalue weighted by molar-refractivity contribution is 7.80. The summed E-state index contributed by atoms with van der Waals surface area (Å²) in [5, 5.41) is 9.14. The molecule has 3 heteroatoms. The van der Waals surface area contributed by atoms with Gasteiger partial charge in [-0.25, -0.2) is 0 Å². The van der Waals surface area contributed by atoms with Crippen LogP contribution in [0, 0.1) is 5.92 Å². The minimum atomic E-state index is 0.330. The van der Waals surface area contributed by atoms with E-state index in [1.165, 1.54) is 25.8 Å². The van der Waals surface area contributed by atoms with Crippen LogP contribution in [0.4, 0.5) is 0 Å². The highest BCUT2D eigenvalue weighted by Gasteiger charge is 2.06. The van der Waals surface area contributed by atoms with Crippen LogP contribution in [-0.2, 0) is 0 Å². The second-order valence-electron chi connectivity index (χ2n) is 4.44. The van der Waals surface area contributed by atoms with E-state index in [4.69, 9.17) is 5.11 Å². The van der Waals surface area contributed by atoms with E-state index in [1.807, 2.05) is 0 Å². The summed E-state index contributed by atoms with van der Waals surface area (Å²) in [7, 11) is 0. The van der Waals surface area contributed by atoms with Crippen LogP contribution in [0.3, 0.4) is 0 Å². The molecule has 0 aromatic heterocycles. The fourth-order valence-electron chi connectivity index (χ4n) is 1.99. The Kier molecular flexibility index (Phi) is 11.9. The van der Waals surface area contributed by atoms with Crippen LogP contribution in [-0.4, -0.2) is 42.0 Å². The maximum absolute atomic E-state index is 9.14. The lowest BCUT2D eigenvalue weighted by Gasteiger charge is -2.18. The van der Waals surface area contributed by atoms with Crippen molar-refractivity contribution >= 4 is 12.6 Å². The highest BCUT2D eigenvalue weighted by Crippen LogP contribution is 2.14. The Bertz CT molecular complexity index is 140. The molecule has 0 aromatic rings. The van der Waals surface area contributed by atoms with Gasteiger partial charge in [-0.15, -0.1) is 0 Å². The van der Waals surface area contributed by atoms with Crippen molar-refractivity contribution in [3.8, 4) is 0 Å². The molecule has 0 spiro atoms. The molecular weight excluding hydrogens is 218 g/mol. The largest absolute Gasteiger partial charge is 0.396 e. The van der Waals surface area contributed by atoms with E-state index in [9.17, 15) is 0 Å². The first-order valence-corrected chi connectivity index (χ1v) is 7.35. The Hall–Kier alpha value is 0.270. The normalized spacial score (nSPS) is 13.3. The molecule has 0 amide bonds. The molecule has 1 N–H and O–H groups in total. The summed E-state index contributed by atoms with van der Waals surface area (Å²) in [5.74, 6) is 1.37. The van der Waals surface area contributed by atoms with E-state index in [2.05, 4.69) is 31.4 Å². The van der Waals surface area contributed by atoms with Crippen molar-refractivity contribution in [3.63, 3.8) is 0 Å². The van der Waals surface area contributed by atoms with Crippen molar-refractivity contribution in [2.45, 2.75) is 46.0 Å². The predicted molar refractivity (Wildman–Crippen MR) is 75.3 cm³/mol. The second kappa shape index (κ2) is 11.7. The molecule has 98 valence electrons. The van der Waals surface area contributed by atoms with E-state index in [0.29, 0.717) is 12.5 Å². The number of aliphatic hydroxyl groups is 1. The Morgan fingerprint density at radius 1 is 1.06 bits per heavy atom. The van der Waals surface area contributed by atoms with Gasteiger partial charge in [0.25, 0.3) is 0 Å². The zero-order valence-electron chi connectivity index (χ0n) is 11.0. The quantitative estimate of drug-likeness (QED) is 0.433. The van der Waals surface area contributed by atoms with E-state index < -0.39 is 0 Å². The van der Waals surface area contributed by atoms with Gasteiger partial charge < -0.3 is 10.0 Å². The van der Waals surface area contributed by atoms with Crippen molar-refractivity contribution < 1.29 is 5.11 Å². The third-order valence-electron chi connectivity index (χ3n) is 3.28. The minimum Gasteiger partial charge on any atom is -0.396 e. The fraction of sp³-hybridized carbons (Fsp3) is 1.00. The van der Waals surface area contributed by atoms with Crippen LogP contribution >= 0.6 is 12.6 Å². The molecule has 16 heavy (non-hydrogen) atoms. The van der Waals surface area contributed by atoms with Gasteiger partial charge in [-0.2, -0.15) is 12.6 Å². The molecule has 0 rings (SSSR count). The Morgan fingerprint density at radius 3 is 2.25 bits per heavy atom. The second-order valence-corrected chi connectivity index (χ2v) is 4.88. The first kappa shape index (κ1) is 16.3. The highest BCUT2D eigenvalue weighted by atomic mass is 32.1. The summed E-state index contributed by atoms with van der Waals surface area (Å²) >= 11 is 4.21. The van der Waals surface area contributed by atoms with Gasteiger partial charge in [0.2, 0.25) is 0 Å². The Balaban J connectivity index is 3.37. The molecule has 0 saturated carbocycles. The lowest BCUT2D eigenvalue weighted by atomic mass is 9.99. The summed E-state index contributed by atoms with van der Waals surface area (Å²) in [6.07, 6.45) is 6.05. The summed E-state index contributed by atoms with van der Waals surface area (Å²) in [5.41, 5.74) is 0. The van der Waals surface area contributed by atoms with Gasteiger partial charge in [-0.1, -0.05) is 26.7 Å². The van der Waals surface area contributed by atoms with Gasteiger partial charge in [-0.05, 0) is 50.6 Å². The molecule has 0 bridgehead atoms. The standard InChI is InChI=1S/C13H29NOS/c1-3-14(4-2)10-7-5-6-8-13(12-15)9-11-16/h13,15-16H,3-12H2,1-2H3/t13-/m0/s1. The van der Waals surface area contributed by atoms with E-state index in [1.54, 1.807) is 0 Å². The van der Waals surface area contributed by atoms with E-state index in [-0.39, 0.29) is 0 Å². The molecule has 0 saturated heterocycles. The number of aliphatic hydroxyl groups excluding tert-OH is 1. The fourth-order valence-corrected chi connectivity index (χ4v) is 2.36. The lowest BCUT2D eigenvalue weighted by Crippen LogP contribution is -2.23. The molecular formula is C13H29NOS. The number of rotatable bonds is 11. The monoisotopic (exact) mass is 247 g/mol. The number of hydrogen-bond donors (Lipinski definition) is 2. The van der Waals surface area contributed by atoms with Gasteiger partial charge in [-0.3, -0.25) is 0 Å². The summed E-state index contributed by atoms with van der Waals surface area (Å²) in [4.78, 5) is 2.47. The maximum atomic E-state index is 9.14. The van der Waals surface area contributed by atoms with Crippen molar-refractivity contribution in [1.29, 1.82) is 0 Å². The van der Waals surface area contributed by atoms with Crippen LogP contribution in [0.25, 0.3) is 0 Å². The van der Waals surface area contributed by atoms with Crippen LogP contribution in [0.5, 0.6) is 0 Å². The van der Waals surface area contributed by atoms with Gasteiger partial charge in [0.15, 0.2) is 0 Å². The van der Waals surface area contributed by atoms with Gasteiger partial charge in [0, 0.05) is 6.61 Å². The summed E-state index contributed by atoms with van der Waals surface area (Å²) in [6.45, 7) is 8.32. The third-order valence-corrected chi connectivity index (χ3v) is 3.53. The van der Waals surface area contributed by atoms with Crippen molar-refractivity contribution in [2.24, 2.45) is 5.92 Å². The molecule has 0 heterocycles. The number of hydrogen-bond acceptors (Lipinski definition) is 3. The first-order valence-electron chi connectivity index (χ1n) is 6.72. The molecule has 2 nitrogen and oxygen atoms in total. The average molecular weight is 247 g/mol. The molecule has 1 atom stereocenters. The maximum Gasteiger partial charge on any atom is 0.0459 e. The summed E-state index contributed by atoms with van der Waals surface area (Å²) < 4.78 is 0. The van der Waals surface area contributed by atoms with Gasteiger partial charge in [0.05, 0.1) is 0 Å². The molecule has 0 aromatic carbocycles. The molecule has 0 unspecified atom stereocenters. The van der Waals surface area contributed by atoms with Crippen molar-refractivity contribution in [1.82, 2.24) is 4.90 Å². The van der Waals surface area contributed by atoms with Gasteiger partial charge >= 0.3 is 0 Å². The Labute approximate surface area is 107 Å². The smallest absolute Gasteiger partial charge is 0.0459 e. The zero-order chi connectivity index (χ0) is 12.2. The third kappa shape index (κ3) is 8.43. The number of unbranched alkanes of at least 4 members (excludes halogenated alkanes) is 2. The minimum absolute atomic E-state index is 0.330. The molecule has 0 fully saturated rings. The molecule has 0 aliphatic heterocycles.